The molecule has 0 unspecified atom stereocenters. The minimum Gasteiger partial charge on any atom is -0.353 e. The fourth-order valence-corrected chi connectivity index (χ4v) is 3.72. The third kappa shape index (κ3) is 1.69. The Bertz CT molecular complexity index is 1030. The van der Waals surface area contributed by atoms with Gasteiger partial charge < -0.3 is 4.98 Å². The zero-order chi connectivity index (χ0) is 14.7. The molecule has 1 N–H and O–H groups in total. The van der Waals surface area contributed by atoms with Crippen LogP contribution in [0.25, 0.3) is 32.6 Å². The molecule has 0 bridgehead atoms. The van der Waals surface area contributed by atoms with Gasteiger partial charge in [0.25, 0.3) is 0 Å². The molecule has 0 aliphatic rings. The molecule has 2 nitrogen and oxygen atoms in total. The van der Waals surface area contributed by atoms with Crippen LogP contribution in [0.5, 0.6) is 0 Å². The van der Waals surface area contributed by atoms with Crippen molar-refractivity contribution in [2.75, 3.05) is 0 Å². The Morgan fingerprint density at radius 2 is 1.76 bits per heavy atom. The van der Waals surface area contributed by atoms with Gasteiger partial charge in [0.05, 0.1) is 16.1 Å². The molecule has 2 heterocycles. The van der Waals surface area contributed by atoms with E-state index in [0.717, 1.165) is 16.4 Å². The second-order valence-electron chi connectivity index (χ2n) is 5.36. The van der Waals surface area contributed by atoms with Crippen LogP contribution in [0.15, 0.2) is 30.6 Å². The first-order valence-corrected chi connectivity index (χ1v) is 7.47. The lowest BCUT2D eigenvalue weighted by Gasteiger charge is -2.08. The highest BCUT2D eigenvalue weighted by Crippen LogP contribution is 2.39. The highest BCUT2D eigenvalue weighted by Gasteiger charge is 2.15. The van der Waals surface area contributed by atoms with Crippen molar-refractivity contribution >= 4 is 55.8 Å². The van der Waals surface area contributed by atoms with Crippen molar-refractivity contribution in [3.05, 3.63) is 51.8 Å². The second-order valence-corrected chi connectivity index (χ2v) is 6.20. The fourth-order valence-electron chi connectivity index (χ4n) is 3.18. The molecule has 104 valence electrons. The van der Waals surface area contributed by atoms with Crippen LogP contribution in [-0.4, -0.2) is 9.97 Å². The van der Waals surface area contributed by atoms with Gasteiger partial charge in [-0.1, -0.05) is 23.2 Å². The van der Waals surface area contributed by atoms with E-state index in [2.05, 4.69) is 29.9 Å². The van der Waals surface area contributed by atoms with Crippen LogP contribution in [0.2, 0.25) is 10.0 Å². The van der Waals surface area contributed by atoms with Crippen molar-refractivity contribution in [1.82, 2.24) is 9.97 Å². The van der Waals surface area contributed by atoms with Gasteiger partial charge in [0.2, 0.25) is 0 Å². The average Bonchev–Trinajstić information content (AvgIpc) is 2.85. The lowest BCUT2D eigenvalue weighted by Crippen LogP contribution is -1.87. The third-order valence-electron chi connectivity index (χ3n) is 4.20. The molecule has 4 heteroatoms. The summed E-state index contributed by atoms with van der Waals surface area (Å²) < 4.78 is 0. The van der Waals surface area contributed by atoms with Crippen LogP contribution in [0.3, 0.4) is 0 Å². The summed E-state index contributed by atoms with van der Waals surface area (Å²) in [6.45, 7) is 4.24. The number of benzene rings is 2. The number of halogens is 2. The summed E-state index contributed by atoms with van der Waals surface area (Å²) in [7, 11) is 0. The second kappa shape index (κ2) is 4.36. The number of nitrogens with zero attached hydrogens (tertiary/aromatic N) is 1. The molecule has 2 aromatic heterocycles. The molecule has 0 fully saturated rings. The zero-order valence-corrected chi connectivity index (χ0v) is 13.1. The van der Waals surface area contributed by atoms with Gasteiger partial charge in [-0.2, -0.15) is 0 Å². The molecule has 0 radical (unpaired) electrons. The molecular weight excluding hydrogens is 303 g/mol. The number of H-pyrrole nitrogens is 1. The van der Waals surface area contributed by atoms with E-state index in [4.69, 9.17) is 23.2 Å². The molecule has 4 aromatic rings. The SMILES string of the molecule is Cc1c2ccncc2c(C)c2c1[nH]c1c(Cl)cc(Cl)cc12. The van der Waals surface area contributed by atoms with Gasteiger partial charge in [0, 0.05) is 33.6 Å². The van der Waals surface area contributed by atoms with Gasteiger partial charge >= 0.3 is 0 Å². The first-order chi connectivity index (χ1) is 10.1. The predicted molar refractivity (Wildman–Crippen MR) is 90.6 cm³/mol. The maximum absolute atomic E-state index is 6.34. The van der Waals surface area contributed by atoms with Crippen LogP contribution in [0.1, 0.15) is 11.1 Å². The average molecular weight is 315 g/mol. The quantitative estimate of drug-likeness (QED) is 0.437. The van der Waals surface area contributed by atoms with E-state index in [1.54, 1.807) is 6.07 Å². The molecular formula is C17H12Cl2N2. The van der Waals surface area contributed by atoms with E-state index in [1.807, 2.05) is 18.5 Å². The first kappa shape index (κ1) is 12.9. The Kier molecular flexibility index (Phi) is 2.69. The molecule has 21 heavy (non-hydrogen) atoms. The van der Waals surface area contributed by atoms with E-state index in [0.29, 0.717) is 10.0 Å². The van der Waals surface area contributed by atoms with E-state index < -0.39 is 0 Å². The summed E-state index contributed by atoms with van der Waals surface area (Å²) >= 11 is 12.5. The number of fused-ring (bicyclic) bond motifs is 4. The van der Waals surface area contributed by atoms with E-state index in [9.17, 15) is 0 Å². The molecule has 0 aliphatic carbocycles. The normalized spacial score (nSPS) is 11.8. The molecule has 2 aromatic carbocycles. The van der Waals surface area contributed by atoms with Gasteiger partial charge in [0.15, 0.2) is 0 Å². The van der Waals surface area contributed by atoms with E-state index >= 15 is 0 Å². The van der Waals surface area contributed by atoms with Crippen molar-refractivity contribution in [1.29, 1.82) is 0 Å². The monoisotopic (exact) mass is 314 g/mol. The van der Waals surface area contributed by atoms with E-state index in [-0.39, 0.29) is 0 Å². The van der Waals surface area contributed by atoms with Gasteiger partial charge in [-0.25, -0.2) is 0 Å². The lowest BCUT2D eigenvalue weighted by molar-refractivity contribution is 1.35. The van der Waals surface area contributed by atoms with Crippen molar-refractivity contribution in [2.24, 2.45) is 0 Å². The summed E-state index contributed by atoms with van der Waals surface area (Å²) in [4.78, 5) is 7.72. The van der Waals surface area contributed by atoms with Crippen molar-refractivity contribution in [3.8, 4) is 0 Å². The number of nitrogens with one attached hydrogen (secondary N) is 1. The van der Waals surface area contributed by atoms with Crippen LogP contribution in [0, 0.1) is 13.8 Å². The number of hydrogen-bond acceptors (Lipinski definition) is 1. The minimum absolute atomic E-state index is 0.648. The highest BCUT2D eigenvalue weighted by molar-refractivity contribution is 6.39. The lowest BCUT2D eigenvalue weighted by atomic mass is 9.97. The Labute approximate surface area is 131 Å². The largest absolute Gasteiger partial charge is 0.353 e. The Morgan fingerprint density at radius 3 is 2.57 bits per heavy atom. The molecule has 0 atom stereocenters. The predicted octanol–water partition coefficient (Wildman–Crippen LogP) is 5.79. The smallest absolute Gasteiger partial charge is 0.0662 e. The van der Waals surface area contributed by atoms with Crippen molar-refractivity contribution in [3.63, 3.8) is 0 Å². The summed E-state index contributed by atoms with van der Waals surface area (Å²) in [5.41, 5.74) is 4.45. The van der Waals surface area contributed by atoms with Crippen LogP contribution in [-0.2, 0) is 0 Å². The number of rotatable bonds is 0. The van der Waals surface area contributed by atoms with Crippen LogP contribution in [0.4, 0.5) is 0 Å². The molecule has 0 amide bonds. The molecule has 0 aliphatic heterocycles. The Morgan fingerprint density at radius 1 is 0.952 bits per heavy atom. The van der Waals surface area contributed by atoms with Crippen molar-refractivity contribution < 1.29 is 0 Å². The molecule has 4 rings (SSSR count). The zero-order valence-electron chi connectivity index (χ0n) is 11.6. The van der Waals surface area contributed by atoms with Gasteiger partial charge in [-0.3, -0.25) is 4.98 Å². The highest BCUT2D eigenvalue weighted by atomic mass is 35.5. The Hall–Kier alpha value is -1.77. The van der Waals surface area contributed by atoms with Crippen molar-refractivity contribution in [2.45, 2.75) is 13.8 Å². The van der Waals surface area contributed by atoms with E-state index in [1.165, 1.54) is 27.3 Å². The first-order valence-electron chi connectivity index (χ1n) is 6.71. The number of pyridine rings is 1. The van der Waals surface area contributed by atoms with Gasteiger partial charge in [-0.15, -0.1) is 0 Å². The minimum atomic E-state index is 0.648. The van der Waals surface area contributed by atoms with Crippen LogP contribution >= 0.6 is 23.2 Å². The summed E-state index contributed by atoms with van der Waals surface area (Å²) in [6, 6.07) is 5.79. The fraction of sp³-hybridized carbons (Fsp3) is 0.118. The molecule has 0 saturated heterocycles. The van der Waals surface area contributed by atoms with Gasteiger partial charge in [-0.05, 0) is 48.6 Å². The molecule has 0 saturated carbocycles. The number of hydrogen-bond donors (Lipinski definition) is 1. The maximum Gasteiger partial charge on any atom is 0.0662 e. The number of aromatic nitrogens is 2. The number of aryl methyl sites for hydroxylation is 2. The topological polar surface area (TPSA) is 28.7 Å². The standard InChI is InChI=1S/C17H12Cl2N2/c1-8-13-7-20-4-3-11(13)9(2)16-15(8)12-5-10(18)6-14(19)17(12)21-16/h3-7,21H,1-2H3. The Balaban J connectivity index is 2.37. The number of aromatic amines is 1. The third-order valence-corrected chi connectivity index (χ3v) is 4.72. The summed E-state index contributed by atoms with van der Waals surface area (Å²) in [5, 5.41) is 5.91. The summed E-state index contributed by atoms with van der Waals surface area (Å²) in [5.74, 6) is 0. The molecule has 0 spiro atoms. The van der Waals surface area contributed by atoms with Crippen LogP contribution < -0.4 is 0 Å². The van der Waals surface area contributed by atoms with Gasteiger partial charge in [0.1, 0.15) is 0 Å². The maximum atomic E-state index is 6.34. The summed E-state index contributed by atoms with van der Waals surface area (Å²) in [6.07, 6.45) is 3.75.